The Morgan fingerprint density at radius 1 is 1.03 bits per heavy atom. The maximum absolute atomic E-state index is 12.4. The Labute approximate surface area is 179 Å². The number of benzene rings is 1. The number of ketones is 1. The third-order valence-electron chi connectivity index (χ3n) is 5.69. The molecule has 1 unspecified atom stereocenters. The molecule has 6 heteroatoms. The van der Waals surface area contributed by atoms with Gasteiger partial charge in [0.05, 0.1) is 0 Å². The minimum absolute atomic E-state index is 0.0200. The monoisotopic (exact) mass is 408 g/mol. The Hall–Kier alpha value is -2.73. The van der Waals surface area contributed by atoms with Crippen LogP contribution in [0.4, 0.5) is 5.82 Å². The number of hydrogen-bond acceptors (Lipinski definition) is 5. The molecule has 160 valence electrons. The molecule has 1 aliphatic rings. The highest BCUT2D eigenvalue weighted by Gasteiger charge is 2.20. The molecule has 1 fully saturated rings. The number of rotatable bonds is 8. The van der Waals surface area contributed by atoms with E-state index in [9.17, 15) is 9.59 Å². The second-order valence-electron chi connectivity index (χ2n) is 8.17. The highest BCUT2D eigenvalue weighted by atomic mass is 16.2. The van der Waals surface area contributed by atoms with Gasteiger partial charge in [0.25, 0.3) is 0 Å². The summed E-state index contributed by atoms with van der Waals surface area (Å²) >= 11 is 0. The molecule has 30 heavy (non-hydrogen) atoms. The van der Waals surface area contributed by atoms with Crippen molar-refractivity contribution >= 4 is 17.5 Å². The van der Waals surface area contributed by atoms with E-state index in [1.807, 2.05) is 63.4 Å². The summed E-state index contributed by atoms with van der Waals surface area (Å²) in [5.74, 6) is 0.977. The summed E-state index contributed by atoms with van der Waals surface area (Å²) in [5.41, 5.74) is 2.95. The van der Waals surface area contributed by atoms with Crippen LogP contribution in [0, 0.1) is 13.8 Å². The summed E-state index contributed by atoms with van der Waals surface area (Å²) in [6.45, 7) is 10.6. The number of aryl methyl sites for hydroxylation is 2. The zero-order chi connectivity index (χ0) is 21.5. The first-order valence-electron chi connectivity index (χ1n) is 10.7. The molecule has 1 saturated heterocycles. The molecule has 1 aliphatic heterocycles. The van der Waals surface area contributed by atoms with Gasteiger partial charge in [-0.1, -0.05) is 18.2 Å². The van der Waals surface area contributed by atoms with Crippen molar-refractivity contribution < 1.29 is 9.59 Å². The first kappa shape index (κ1) is 22.0. The molecule has 1 aromatic heterocycles. The number of hydrogen-bond donors (Lipinski definition) is 1. The average Bonchev–Trinajstić information content (AvgIpc) is 2.75. The van der Waals surface area contributed by atoms with Gasteiger partial charge < -0.3 is 10.2 Å². The summed E-state index contributed by atoms with van der Waals surface area (Å²) in [7, 11) is 0. The molecular formula is C24H32N4O2. The lowest BCUT2D eigenvalue weighted by Crippen LogP contribution is -2.51. The van der Waals surface area contributed by atoms with Gasteiger partial charge in [0.1, 0.15) is 5.82 Å². The van der Waals surface area contributed by atoms with Crippen LogP contribution in [0.1, 0.15) is 41.3 Å². The summed E-state index contributed by atoms with van der Waals surface area (Å²) in [6, 6.07) is 11.7. The molecule has 1 N–H and O–H groups in total. The van der Waals surface area contributed by atoms with E-state index in [4.69, 9.17) is 0 Å². The molecule has 1 amide bonds. The first-order chi connectivity index (χ1) is 14.4. The Balaban J connectivity index is 1.37. The fraction of sp³-hybridized carbons (Fsp3) is 0.458. The lowest BCUT2D eigenvalue weighted by molar-refractivity contribution is -0.121. The van der Waals surface area contributed by atoms with Gasteiger partial charge in [0.15, 0.2) is 5.78 Å². The first-order valence-corrected chi connectivity index (χ1v) is 10.7. The number of carbonyl (C=O) groups is 2. The highest BCUT2D eigenvalue weighted by Crippen LogP contribution is 2.14. The number of anilines is 1. The van der Waals surface area contributed by atoms with E-state index in [1.165, 1.54) is 5.56 Å². The van der Waals surface area contributed by atoms with Crippen LogP contribution in [0.2, 0.25) is 0 Å². The smallest absolute Gasteiger partial charge is 0.220 e. The van der Waals surface area contributed by atoms with Gasteiger partial charge in [-0.25, -0.2) is 4.98 Å². The largest absolute Gasteiger partial charge is 0.354 e. The average molecular weight is 409 g/mol. The number of carbonyl (C=O) groups excluding carboxylic acids is 2. The molecule has 6 nitrogen and oxygen atoms in total. The van der Waals surface area contributed by atoms with E-state index in [0.717, 1.165) is 44.1 Å². The maximum Gasteiger partial charge on any atom is 0.220 e. The number of Topliss-reactive ketones (excluding diaryl/α,β-unsaturated/α-hetero) is 1. The Morgan fingerprint density at radius 2 is 1.80 bits per heavy atom. The lowest BCUT2D eigenvalue weighted by atomic mass is 10.0. The maximum atomic E-state index is 12.4. The normalized spacial score (nSPS) is 15.6. The van der Waals surface area contributed by atoms with Crippen molar-refractivity contribution in [3.05, 3.63) is 59.3 Å². The van der Waals surface area contributed by atoms with Gasteiger partial charge in [-0.15, -0.1) is 0 Å². The number of amides is 1. The van der Waals surface area contributed by atoms with E-state index >= 15 is 0 Å². The molecule has 2 aromatic rings. The van der Waals surface area contributed by atoms with Crippen LogP contribution >= 0.6 is 0 Å². The fourth-order valence-corrected chi connectivity index (χ4v) is 3.77. The number of nitrogens with zero attached hydrogens (tertiary/aromatic N) is 3. The molecule has 2 heterocycles. The Kier molecular flexibility index (Phi) is 7.57. The third-order valence-corrected chi connectivity index (χ3v) is 5.69. The molecule has 0 aliphatic carbocycles. The van der Waals surface area contributed by atoms with Crippen LogP contribution in [-0.2, 0) is 4.79 Å². The zero-order valence-electron chi connectivity index (χ0n) is 18.2. The number of nitrogens with one attached hydrogen (secondary N) is 1. The molecule has 1 aromatic carbocycles. The van der Waals surface area contributed by atoms with Crippen LogP contribution in [0.5, 0.6) is 0 Å². The minimum Gasteiger partial charge on any atom is -0.354 e. The van der Waals surface area contributed by atoms with Gasteiger partial charge in [-0.2, -0.15) is 0 Å². The van der Waals surface area contributed by atoms with E-state index < -0.39 is 0 Å². The van der Waals surface area contributed by atoms with Crippen molar-refractivity contribution in [1.82, 2.24) is 15.2 Å². The Bertz CT molecular complexity index is 861. The van der Waals surface area contributed by atoms with E-state index in [0.29, 0.717) is 5.56 Å². The van der Waals surface area contributed by atoms with Crippen molar-refractivity contribution in [2.75, 3.05) is 37.6 Å². The van der Waals surface area contributed by atoms with Crippen molar-refractivity contribution in [2.45, 2.75) is 39.7 Å². The molecule has 3 rings (SSSR count). The third kappa shape index (κ3) is 6.13. The minimum atomic E-state index is -0.0631. The summed E-state index contributed by atoms with van der Waals surface area (Å²) in [4.78, 5) is 33.7. The van der Waals surface area contributed by atoms with Gasteiger partial charge >= 0.3 is 0 Å². The number of aromatic nitrogens is 1. The predicted octanol–water partition coefficient (Wildman–Crippen LogP) is 2.99. The quantitative estimate of drug-likeness (QED) is 0.681. The van der Waals surface area contributed by atoms with Crippen LogP contribution in [0.15, 0.2) is 42.6 Å². The van der Waals surface area contributed by atoms with Crippen LogP contribution in [-0.4, -0.2) is 60.3 Å². The van der Waals surface area contributed by atoms with Crippen molar-refractivity contribution in [3.63, 3.8) is 0 Å². The van der Waals surface area contributed by atoms with E-state index in [2.05, 4.69) is 20.1 Å². The standard InChI is InChI=1S/C24H32N4O2/c1-18-7-8-21(16-19(18)2)22(29)9-10-24(30)26-20(3)17-27-12-14-28(15-13-27)23-6-4-5-11-25-23/h4-8,11,16,20H,9-10,12-15,17H2,1-3H3,(H,26,30). The molecule has 0 bridgehead atoms. The molecule has 0 saturated carbocycles. The van der Waals surface area contributed by atoms with Crippen molar-refractivity contribution in [2.24, 2.45) is 0 Å². The number of pyridine rings is 1. The van der Waals surface area contributed by atoms with Crippen LogP contribution in [0.25, 0.3) is 0 Å². The second-order valence-corrected chi connectivity index (χ2v) is 8.17. The lowest BCUT2D eigenvalue weighted by Gasteiger charge is -2.36. The van der Waals surface area contributed by atoms with Crippen LogP contribution in [0.3, 0.4) is 0 Å². The van der Waals surface area contributed by atoms with Gasteiger partial charge in [-0.3, -0.25) is 14.5 Å². The molecular weight excluding hydrogens is 376 g/mol. The zero-order valence-corrected chi connectivity index (χ0v) is 18.2. The van der Waals surface area contributed by atoms with E-state index in [1.54, 1.807) is 0 Å². The topological polar surface area (TPSA) is 65.5 Å². The second kappa shape index (κ2) is 10.3. The van der Waals surface area contributed by atoms with Gasteiger partial charge in [0, 0.05) is 63.4 Å². The highest BCUT2D eigenvalue weighted by molar-refractivity contribution is 5.98. The van der Waals surface area contributed by atoms with Crippen molar-refractivity contribution in [3.8, 4) is 0 Å². The molecule has 1 atom stereocenters. The summed E-state index contributed by atoms with van der Waals surface area (Å²) < 4.78 is 0. The Morgan fingerprint density at radius 3 is 2.47 bits per heavy atom. The van der Waals surface area contributed by atoms with E-state index in [-0.39, 0.29) is 30.6 Å². The SMILES string of the molecule is Cc1ccc(C(=O)CCC(=O)NC(C)CN2CCN(c3ccccn3)CC2)cc1C. The van der Waals surface area contributed by atoms with Gasteiger partial charge in [0.2, 0.25) is 5.91 Å². The summed E-state index contributed by atoms with van der Waals surface area (Å²) in [6.07, 6.45) is 2.29. The molecule has 0 spiro atoms. The van der Waals surface area contributed by atoms with Crippen molar-refractivity contribution in [1.29, 1.82) is 0 Å². The van der Waals surface area contributed by atoms with Gasteiger partial charge in [-0.05, 0) is 50.1 Å². The fourth-order valence-electron chi connectivity index (χ4n) is 3.77. The van der Waals surface area contributed by atoms with Crippen LogP contribution < -0.4 is 10.2 Å². The predicted molar refractivity (Wildman–Crippen MR) is 120 cm³/mol. The molecule has 0 radical (unpaired) electrons. The summed E-state index contributed by atoms with van der Waals surface area (Å²) in [5, 5.41) is 3.04. The number of piperazine rings is 1.